The van der Waals surface area contributed by atoms with Crippen molar-refractivity contribution in [1.29, 1.82) is 0 Å². The summed E-state index contributed by atoms with van der Waals surface area (Å²) in [5, 5.41) is 0.0140. The number of nitrogens with zero attached hydrogens (tertiary/aromatic N) is 3. The van der Waals surface area contributed by atoms with E-state index in [1.54, 1.807) is 59.5 Å². The van der Waals surface area contributed by atoms with Crippen LogP contribution >= 0.6 is 0 Å². The Balaban J connectivity index is 1.32. The van der Waals surface area contributed by atoms with E-state index in [2.05, 4.69) is 62.9 Å². The summed E-state index contributed by atoms with van der Waals surface area (Å²) in [6, 6.07) is 17.8. The molecule has 0 amide bonds. The van der Waals surface area contributed by atoms with Crippen LogP contribution in [0.2, 0.25) is 43.8 Å². The molecule has 0 spiro atoms. The number of hydrogen-bond donors (Lipinski definition) is 0. The average Bonchev–Trinajstić information content (AvgIpc) is 3.75. The van der Waals surface area contributed by atoms with E-state index in [1.807, 2.05) is 12.1 Å². The Morgan fingerprint density at radius 3 is 2.00 bits per heavy atom. The molecule has 0 radical (unpaired) electrons. The quantitative estimate of drug-likeness (QED) is 0.104. The van der Waals surface area contributed by atoms with Crippen molar-refractivity contribution in [2.45, 2.75) is 102 Å². The normalized spacial score (nSPS) is 21.0. The molecular weight excluding hydrogens is 764 g/mol. The van der Waals surface area contributed by atoms with E-state index in [-0.39, 0.29) is 41.8 Å². The molecule has 9 nitrogen and oxygen atoms in total. The predicted molar refractivity (Wildman–Crippen MR) is 218 cm³/mol. The number of aromatic nitrogens is 2. The molecule has 0 aliphatic carbocycles. The van der Waals surface area contributed by atoms with Gasteiger partial charge in [0.2, 0.25) is 0 Å². The van der Waals surface area contributed by atoms with Crippen LogP contribution in [0.25, 0.3) is 33.4 Å². The van der Waals surface area contributed by atoms with Gasteiger partial charge in [0.15, 0.2) is 20.3 Å². The Bertz CT molecular complexity index is 2110. The van der Waals surface area contributed by atoms with E-state index in [1.165, 1.54) is 0 Å². The van der Waals surface area contributed by atoms with Crippen LogP contribution in [0.15, 0.2) is 65.0 Å². The fourth-order valence-corrected chi connectivity index (χ4v) is 9.18. The predicted octanol–water partition coefficient (Wildman–Crippen LogP) is 10.00. The molecule has 2 aliphatic heterocycles. The van der Waals surface area contributed by atoms with Gasteiger partial charge in [-0.3, -0.25) is 4.57 Å². The van der Waals surface area contributed by atoms with Gasteiger partial charge >= 0.3 is 6.18 Å². The maximum absolute atomic E-state index is 14.9. The zero-order valence-electron chi connectivity index (χ0n) is 33.5. The number of pyridine rings is 1. The van der Waals surface area contributed by atoms with Crippen LogP contribution in [0.5, 0.6) is 5.88 Å². The maximum Gasteiger partial charge on any atom is 0.418 e. The topological polar surface area (TPSA) is 93.4 Å². The molecule has 4 aromatic rings. The molecule has 2 aromatic heterocycles. The van der Waals surface area contributed by atoms with Crippen molar-refractivity contribution < 1.29 is 40.8 Å². The zero-order valence-corrected chi connectivity index (χ0v) is 36.3. The van der Waals surface area contributed by atoms with E-state index in [0.29, 0.717) is 35.9 Å². The summed E-state index contributed by atoms with van der Waals surface area (Å²) in [5.41, 5.74) is 2.13. The summed E-state index contributed by atoms with van der Waals surface area (Å²) in [4.78, 5) is 4.64. The molecular formula is C40H54F3N3O6SSi2. The van der Waals surface area contributed by atoms with Crippen LogP contribution < -0.4 is 4.74 Å². The molecule has 4 atom stereocenters. The highest BCUT2D eigenvalue weighted by Gasteiger charge is 2.52. The standard InChI is InChI=1S/C40H54F3N3O6SSi2/c1-39(2,3)55(9,10)52-34-24-50-37-33(23-49-38(34)37)51-35-22-31-32(46(35)25-48-19-20-54(6,7)8)21-30(40(41,42)43)36(44-31)28-13-11-26(12-14-28)27-15-17-29(18-16-27)45-53(4,5)47/h11-18,21-22,33-34,37-38H,19-20,23-25H2,1-10H3/t33-,34-,37-,38-/m1/s1. The third kappa shape index (κ3) is 9.74. The zero-order chi connectivity index (χ0) is 40.1. The fourth-order valence-electron chi connectivity index (χ4n) is 6.48. The van der Waals surface area contributed by atoms with Gasteiger partial charge in [0.05, 0.1) is 47.3 Å². The first-order valence-corrected chi connectivity index (χ1v) is 27.6. The van der Waals surface area contributed by atoms with Crippen molar-refractivity contribution in [2.24, 2.45) is 4.36 Å². The maximum atomic E-state index is 14.9. The fraction of sp³-hybridized carbons (Fsp3) is 0.525. The molecule has 6 rings (SSSR count). The first-order chi connectivity index (χ1) is 25.5. The summed E-state index contributed by atoms with van der Waals surface area (Å²) in [7, 11) is -5.84. The van der Waals surface area contributed by atoms with Gasteiger partial charge in [-0.2, -0.15) is 17.5 Å². The van der Waals surface area contributed by atoms with Gasteiger partial charge in [-0.15, -0.1) is 0 Å². The number of ether oxygens (including phenoxy) is 4. The lowest BCUT2D eigenvalue weighted by Crippen LogP contribution is -2.47. The van der Waals surface area contributed by atoms with Crippen molar-refractivity contribution in [2.75, 3.05) is 32.3 Å². The Morgan fingerprint density at radius 2 is 1.44 bits per heavy atom. The first kappa shape index (κ1) is 41.6. The van der Waals surface area contributed by atoms with Crippen LogP contribution in [0.1, 0.15) is 26.3 Å². The second kappa shape index (κ2) is 15.4. The SMILES string of the molecule is CC(C)(C)[Si](C)(C)O[C@@H]1CO[C@H]2[C@@H]1OC[C@H]2Oc1cc2nc(-c3ccc(-c4ccc(N=S(C)(C)=O)cc4)cc3)c(C(F)(F)F)cc2n1COCC[Si](C)(C)C. The third-order valence-electron chi connectivity index (χ3n) is 10.5. The second-order valence-corrected chi connectivity index (χ2v) is 30.5. The Morgan fingerprint density at radius 1 is 0.873 bits per heavy atom. The van der Waals surface area contributed by atoms with E-state index in [4.69, 9.17) is 23.4 Å². The Hall–Kier alpha value is -3.06. The van der Waals surface area contributed by atoms with Crippen molar-refractivity contribution >= 4 is 42.8 Å². The summed E-state index contributed by atoms with van der Waals surface area (Å²) in [6.07, 6.45) is -3.00. The summed E-state index contributed by atoms with van der Waals surface area (Å²) in [6.45, 7) is 18.8. The minimum absolute atomic E-state index is 0.00430. The van der Waals surface area contributed by atoms with E-state index >= 15 is 0 Å². The molecule has 0 bridgehead atoms. The van der Waals surface area contributed by atoms with Crippen LogP contribution in [0.3, 0.4) is 0 Å². The Labute approximate surface area is 325 Å². The second-order valence-electron chi connectivity index (χ2n) is 17.6. The molecule has 2 saturated heterocycles. The van der Waals surface area contributed by atoms with Crippen LogP contribution in [-0.2, 0) is 41.3 Å². The van der Waals surface area contributed by atoms with Crippen LogP contribution in [0.4, 0.5) is 18.9 Å². The number of hydrogen-bond acceptors (Lipinski definition) is 8. The minimum Gasteiger partial charge on any atom is -0.470 e. The van der Waals surface area contributed by atoms with Crippen molar-refractivity contribution in [3.8, 4) is 28.3 Å². The number of alkyl halides is 3. The molecule has 2 aromatic carbocycles. The lowest BCUT2D eigenvalue weighted by Gasteiger charge is -2.39. The molecule has 55 heavy (non-hydrogen) atoms. The van der Waals surface area contributed by atoms with Gasteiger partial charge in [-0.05, 0) is 53.5 Å². The average molecular weight is 818 g/mol. The lowest BCUT2D eigenvalue weighted by atomic mass is 10.00. The number of fused-ring (bicyclic) bond motifs is 2. The molecule has 0 saturated carbocycles. The van der Waals surface area contributed by atoms with Gasteiger partial charge in [-0.25, -0.2) is 9.19 Å². The van der Waals surface area contributed by atoms with Crippen molar-refractivity contribution in [3.63, 3.8) is 0 Å². The molecule has 0 unspecified atom stereocenters. The van der Waals surface area contributed by atoms with Gasteiger partial charge < -0.3 is 23.4 Å². The van der Waals surface area contributed by atoms with Crippen molar-refractivity contribution in [3.05, 3.63) is 66.2 Å². The highest BCUT2D eigenvalue weighted by atomic mass is 32.2. The van der Waals surface area contributed by atoms with Crippen LogP contribution in [0, 0.1) is 0 Å². The summed E-state index contributed by atoms with van der Waals surface area (Å²) in [5.74, 6) is 0.333. The number of halogens is 3. The van der Waals surface area contributed by atoms with E-state index < -0.39 is 50.1 Å². The van der Waals surface area contributed by atoms with E-state index in [0.717, 1.165) is 23.2 Å². The first-order valence-electron chi connectivity index (χ1n) is 18.6. The van der Waals surface area contributed by atoms with Gasteiger partial charge in [0.1, 0.15) is 18.9 Å². The van der Waals surface area contributed by atoms with Gasteiger partial charge in [-0.1, -0.05) is 76.8 Å². The van der Waals surface area contributed by atoms with Gasteiger partial charge in [0, 0.05) is 48.6 Å². The van der Waals surface area contributed by atoms with Crippen molar-refractivity contribution in [1.82, 2.24) is 9.55 Å². The highest BCUT2D eigenvalue weighted by Crippen LogP contribution is 2.43. The summed E-state index contributed by atoms with van der Waals surface area (Å²) >= 11 is 0. The third-order valence-corrected chi connectivity index (χ3v) is 17.4. The molecule has 4 heterocycles. The number of benzene rings is 2. The summed E-state index contributed by atoms with van der Waals surface area (Å²) < 4.78 is 94.3. The van der Waals surface area contributed by atoms with Crippen LogP contribution in [-0.4, -0.2) is 86.9 Å². The lowest BCUT2D eigenvalue weighted by molar-refractivity contribution is -0.137. The minimum atomic E-state index is -4.69. The number of rotatable bonds is 12. The molecule has 15 heteroatoms. The highest BCUT2D eigenvalue weighted by molar-refractivity contribution is 7.92. The monoisotopic (exact) mass is 817 g/mol. The molecule has 300 valence electrons. The molecule has 0 N–H and O–H groups in total. The smallest absolute Gasteiger partial charge is 0.418 e. The largest absolute Gasteiger partial charge is 0.470 e. The molecule has 2 fully saturated rings. The van der Waals surface area contributed by atoms with Gasteiger partial charge in [0.25, 0.3) is 0 Å². The van der Waals surface area contributed by atoms with E-state index in [9.17, 15) is 17.4 Å². The Kier molecular flexibility index (Phi) is 11.6. The molecule has 2 aliphatic rings.